The molecule has 2 N–H and O–H groups in total. The van der Waals surface area contributed by atoms with Gasteiger partial charge in [0, 0.05) is 24.3 Å². The van der Waals surface area contributed by atoms with E-state index in [4.69, 9.17) is 19.9 Å². The van der Waals surface area contributed by atoms with Crippen LogP contribution < -0.4 is 15.2 Å². The van der Waals surface area contributed by atoms with Crippen LogP contribution in [0.1, 0.15) is 24.1 Å². The number of ether oxygens (including phenoxy) is 3. The maximum Gasteiger partial charge on any atom is 0.124 e. The van der Waals surface area contributed by atoms with E-state index in [0.717, 1.165) is 22.6 Å². The van der Waals surface area contributed by atoms with E-state index in [-0.39, 0.29) is 6.04 Å². The smallest absolute Gasteiger partial charge is 0.124 e. The summed E-state index contributed by atoms with van der Waals surface area (Å²) in [5.74, 6) is 1.54. The van der Waals surface area contributed by atoms with Crippen molar-refractivity contribution in [1.29, 1.82) is 0 Å². The Balaban J connectivity index is 3.22. The topological polar surface area (TPSA) is 53.7 Å². The molecule has 4 heteroatoms. The van der Waals surface area contributed by atoms with Crippen molar-refractivity contribution in [3.05, 3.63) is 23.3 Å². The van der Waals surface area contributed by atoms with Crippen LogP contribution in [-0.4, -0.2) is 21.3 Å². The molecule has 0 aliphatic carbocycles. The second-order valence-electron chi connectivity index (χ2n) is 3.63. The van der Waals surface area contributed by atoms with Crippen LogP contribution in [-0.2, 0) is 11.3 Å². The fourth-order valence-electron chi connectivity index (χ4n) is 1.61. The van der Waals surface area contributed by atoms with Crippen LogP contribution in [0.15, 0.2) is 12.1 Å². The molecule has 0 bridgehead atoms. The van der Waals surface area contributed by atoms with Crippen molar-refractivity contribution in [1.82, 2.24) is 0 Å². The highest BCUT2D eigenvalue weighted by molar-refractivity contribution is 5.47. The Labute approximate surface area is 96.3 Å². The molecule has 90 valence electrons. The molecule has 0 saturated carbocycles. The number of rotatable bonds is 5. The second-order valence-corrected chi connectivity index (χ2v) is 3.63. The lowest BCUT2D eigenvalue weighted by molar-refractivity contribution is 0.181. The molecule has 0 spiro atoms. The maximum absolute atomic E-state index is 5.87. The summed E-state index contributed by atoms with van der Waals surface area (Å²) >= 11 is 0. The second kappa shape index (κ2) is 5.72. The molecule has 0 heterocycles. The first kappa shape index (κ1) is 12.8. The zero-order chi connectivity index (χ0) is 12.1. The molecular weight excluding hydrogens is 206 g/mol. The Morgan fingerprint density at radius 1 is 1.12 bits per heavy atom. The summed E-state index contributed by atoms with van der Waals surface area (Å²) in [5.41, 5.74) is 7.75. The van der Waals surface area contributed by atoms with Crippen LogP contribution in [0.5, 0.6) is 11.5 Å². The van der Waals surface area contributed by atoms with Gasteiger partial charge in [-0.05, 0) is 19.1 Å². The van der Waals surface area contributed by atoms with E-state index in [2.05, 4.69) is 0 Å². The van der Waals surface area contributed by atoms with Gasteiger partial charge >= 0.3 is 0 Å². The summed E-state index contributed by atoms with van der Waals surface area (Å²) < 4.78 is 15.7. The average Bonchev–Trinajstić information content (AvgIpc) is 2.28. The van der Waals surface area contributed by atoms with Crippen LogP contribution in [0.25, 0.3) is 0 Å². The van der Waals surface area contributed by atoms with E-state index in [1.54, 1.807) is 21.3 Å². The van der Waals surface area contributed by atoms with E-state index in [9.17, 15) is 0 Å². The number of benzene rings is 1. The molecule has 1 rings (SSSR count). The molecule has 0 fully saturated rings. The van der Waals surface area contributed by atoms with Crippen molar-refractivity contribution in [2.45, 2.75) is 19.6 Å². The van der Waals surface area contributed by atoms with Crippen molar-refractivity contribution < 1.29 is 14.2 Å². The number of hydrogen-bond acceptors (Lipinski definition) is 4. The van der Waals surface area contributed by atoms with Gasteiger partial charge in [-0.25, -0.2) is 0 Å². The van der Waals surface area contributed by atoms with Gasteiger partial charge < -0.3 is 19.9 Å². The molecule has 1 aromatic carbocycles. The molecule has 0 amide bonds. The lowest BCUT2D eigenvalue weighted by Crippen LogP contribution is -2.08. The van der Waals surface area contributed by atoms with Gasteiger partial charge in [-0.15, -0.1) is 0 Å². The minimum Gasteiger partial charge on any atom is -0.496 e. The van der Waals surface area contributed by atoms with Crippen molar-refractivity contribution in [3.63, 3.8) is 0 Å². The minimum absolute atomic E-state index is 0.0968. The first-order valence-corrected chi connectivity index (χ1v) is 5.13. The van der Waals surface area contributed by atoms with Crippen LogP contribution >= 0.6 is 0 Å². The predicted octanol–water partition coefficient (Wildman–Crippen LogP) is 1.87. The minimum atomic E-state index is -0.0968. The molecule has 0 aromatic heterocycles. The van der Waals surface area contributed by atoms with Gasteiger partial charge in [0.05, 0.1) is 20.8 Å². The third kappa shape index (κ3) is 2.65. The van der Waals surface area contributed by atoms with Crippen LogP contribution in [0.4, 0.5) is 0 Å². The van der Waals surface area contributed by atoms with Gasteiger partial charge in [-0.2, -0.15) is 0 Å². The quantitative estimate of drug-likeness (QED) is 0.831. The number of methoxy groups -OCH3 is 3. The molecular formula is C12H19NO3. The van der Waals surface area contributed by atoms with Crippen molar-refractivity contribution in [2.24, 2.45) is 5.73 Å². The van der Waals surface area contributed by atoms with Gasteiger partial charge in [-0.1, -0.05) is 0 Å². The van der Waals surface area contributed by atoms with Gasteiger partial charge in [-0.3, -0.25) is 0 Å². The van der Waals surface area contributed by atoms with Crippen LogP contribution in [0.2, 0.25) is 0 Å². The van der Waals surface area contributed by atoms with Crippen molar-refractivity contribution in [2.75, 3.05) is 21.3 Å². The van der Waals surface area contributed by atoms with Crippen molar-refractivity contribution >= 4 is 0 Å². The summed E-state index contributed by atoms with van der Waals surface area (Å²) in [7, 11) is 4.90. The molecule has 1 unspecified atom stereocenters. The summed E-state index contributed by atoms with van der Waals surface area (Å²) in [5, 5.41) is 0. The third-order valence-corrected chi connectivity index (χ3v) is 2.42. The largest absolute Gasteiger partial charge is 0.496 e. The van der Waals surface area contributed by atoms with E-state index >= 15 is 0 Å². The van der Waals surface area contributed by atoms with E-state index in [1.165, 1.54) is 0 Å². The van der Waals surface area contributed by atoms with Gasteiger partial charge in [0.1, 0.15) is 11.5 Å². The normalized spacial score (nSPS) is 12.3. The molecule has 4 nitrogen and oxygen atoms in total. The molecule has 1 atom stereocenters. The molecule has 1 aromatic rings. The van der Waals surface area contributed by atoms with E-state index in [1.807, 2.05) is 19.1 Å². The monoisotopic (exact) mass is 225 g/mol. The highest BCUT2D eigenvalue weighted by atomic mass is 16.5. The Kier molecular flexibility index (Phi) is 4.58. The van der Waals surface area contributed by atoms with E-state index < -0.39 is 0 Å². The van der Waals surface area contributed by atoms with Gasteiger partial charge in [0.2, 0.25) is 0 Å². The fourth-order valence-corrected chi connectivity index (χ4v) is 1.61. The summed E-state index contributed by atoms with van der Waals surface area (Å²) in [6, 6.07) is 3.71. The van der Waals surface area contributed by atoms with E-state index in [0.29, 0.717) is 6.61 Å². The standard InChI is InChI=1S/C12H19NO3/c1-8(13)10-6-11(15-3)9(7-14-2)5-12(10)16-4/h5-6,8H,7,13H2,1-4H3. The zero-order valence-electron chi connectivity index (χ0n) is 10.2. The highest BCUT2D eigenvalue weighted by Crippen LogP contribution is 2.32. The SMILES string of the molecule is COCc1cc(OC)c(C(C)N)cc1OC. The molecule has 0 radical (unpaired) electrons. The van der Waals surface area contributed by atoms with Crippen LogP contribution in [0.3, 0.4) is 0 Å². The lowest BCUT2D eigenvalue weighted by atomic mass is 10.0. The Morgan fingerprint density at radius 3 is 2.19 bits per heavy atom. The summed E-state index contributed by atoms with van der Waals surface area (Å²) in [4.78, 5) is 0. The number of nitrogens with two attached hydrogens (primary N) is 1. The first-order valence-electron chi connectivity index (χ1n) is 5.13. The third-order valence-electron chi connectivity index (χ3n) is 2.42. The Morgan fingerprint density at radius 2 is 1.75 bits per heavy atom. The van der Waals surface area contributed by atoms with Gasteiger partial charge in [0.15, 0.2) is 0 Å². The summed E-state index contributed by atoms with van der Waals surface area (Å²) in [6.07, 6.45) is 0. The molecule has 16 heavy (non-hydrogen) atoms. The average molecular weight is 225 g/mol. The highest BCUT2D eigenvalue weighted by Gasteiger charge is 2.13. The maximum atomic E-state index is 5.87. The zero-order valence-corrected chi connectivity index (χ0v) is 10.2. The summed E-state index contributed by atoms with van der Waals surface area (Å²) in [6.45, 7) is 2.39. The van der Waals surface area contributed by atoms with Gasteiger partial charge in [0.25, 0.3) is 0 Å². The van der Waals surface area contributed by atoms with Crippen molar-refractivity contribution in [3.8, 4) is 11.5 Å². The molecule has 0 aliphatic rings. The Bertz CT molecular complexity index is 350. The molecule has 0 aliphatic heterocycles. The fraction of sp³-hybridized carbons (Fsp3) is 0.500. The molecule has 0 saturated heterocycles. The predicted molar refractivity (Wildman–Crippen MR) is 62.9 cm³/mol. The van der Waals surface area contributed by atoms with Crippen LogP contribution in [0, 0.1) is 0 Å². The lowest BCUT2D eigenvalue weighted by Gasteiger charge is -2.16. The number of hydrogen-bond donors (Lipinski definition) is 1. The Hall–Kier alpha value is -1.26. The first-order chi connectivity index (χ1) is 7.63.